The average molecular weight is 504 g/mol. The summed E-state index contributed by atoms with van der Waals surface area (Å²) in [6.45, 7) is 4.09. The third-order valence-electron chi connectivity index (χ3n) is 4.37. The summed E-state index contributed by atoms with van der Waals surface area (Å²) in [5.74, 6) is 0.989. The third-order valence-corrected chi connectivity index (χ3v) is 5.68. The highest BCUT2D eigenvalue weighted by Gasteiger charge is 2.12. The second kappa shape index (κ2) is 10.5. The molecule has 3 aromatic rings. The maximum Gasteiger partial charge on any atom is 0.251 e. The normalized spacial score (nSPS) is 10.6. The van der Waals surface area contributed by atoms with Crippen LogP contribution in [0.3, 0.4) is 0 Å². The first kappa shape index (κ1) is 22.8. The van der Waals surface area contributed by atoms with Crippen LogP contribution in [0.25, 0.3) is 0 Å². The van der Waals surface area contributed by atoms with Gasteiger partial charge >= 0.3 is 0 Å². The molecular weight excluding hydrogens is 482 g/mol. The summed E-state index contributed by atoms with van der Waals surface area (Å²) in [5.41, 5.74) is 3.30. The number of carbonyl (C=O) groups is 2. The number of carbonyl (C=O) groups excluding carboxylic acids is 2. The minimum absolute atomic E-state index is 0.141. The fraction of sp³-hybridized carbons (Fsp3) is 0.238. The number of aryl methyl sites for hydroxylation is 2. The maximum atomic E-state index is 12.3. The highest BCUT2D eigenvalue weighted by Crippen LogP contribution is 2.25. The average Bonchev–Trinajstić information content (AvgIpc) is 3.21. The number of nitrogens with zero attached hydrogens (tertiary/aromatic N) is 2. The quantitative estimate of drug-likeness (QED) is 0.402. The Kier molecular flexibility index (Phi) is 7.69. The molecule has 0 aliphatic rings. The number of aromatic nitrogens is 3. The molecule has 3 N–H and O–H groups in total. The van der Waals surface area contributed by atoms with Gasteiger partial charge in [-0.1, -0.05) is 27.7 Å². The van der Waals surface area contributed by atoms with Crippen LogP contribution >= 0.6 is 27.7 Å². The SMILES string of the molecule is COc1ccc(C(=O)NCc2nc(SCC(=O)Nc3c(C)cc(Br)cc3C)n[nH]2)cc1. The molecule has 0 atom stereocenters. The number of rotatable bonds is 8. The van der Waals surface area contributed by atoms with Gasteiger partial charge in [0.15, 0.2) is 0 Å². The lowest BCUT2D eigenvalue weighted by Gasteiger charge is -2.11. The van der Waals surface area contributed by atoms with Crippen molar-refractivity contribution in [3.63, 3.8) is 0 Å². The standard InChI is InChI=1S/C21H22BrN5O3S/c1-12-8-15(22)9-13(2)19(12)25-18(28)11-31-21-24-17(26-27-21)10-23-20(29)14-4-6-16(30-3)7-5-14/h4-9H,10-11H2,1-3H3,(H,23,29)(H,25,28)(H,24,26,27). The Bertz CT molecular complexity index is 1060. The molecule has 0 spiro atoms. The van der Waals surface area contributed by atoms with Gasteiger partial charge in [0.05, 0.1) is 19.4 Å². The number of H-pyrrole nitrogens is 1. The first-order valence-corrected chi connectivity index (χ1v) is 11.2. The lowest BCUT2D eigenvalue weighted by atomic mass is 10.1. The van der Waals surface area contributed by atoms with Crippen molar-refractivity contribution in [1.82, 2.24) is 20.5 Å². The van der Waals surface area contributed by atoms with E-state index in [1.807, 2.05) is 26.0 Å². The molecule has 1 aromatic heterocycles. The molecule has 0 aliphatic carbocycles. The molecule has 0 unspecified atom stereocenters. The molecule has 2 amide bonds. The van der Waals surface area contributed by atoms with Crippen LogP contribution in [0.5, 0.6) is 5.75 Å². The monoisotopic (exact) mass is 503 g/mol. The van der Waals surface area contributed by atoms with Crippen molar-refractivity contribution in [2.45, 2.75) is 25.5 Å². The molecule has 1 heterocycles. The van der Waals surface area contributed by atoms with E-state index in [1.54, 1.807) is 31.4 Å². The van der Waals surface area contributed by atoms with E-state index in [-0.39, 0.29) is 24.1 Å². The number of aromatic amines is 1. The smallest absolute Gasteiger partial charge is 0.251 e. The van der Waals surface area contributed by atoms with Gasteiger partial charge in [0.1, 0.15) is 11.6 Å². The van der Waals surface area contributed by atoms with E-state index >= 15 is 0 Å². The van der Waals surface area contributed by atoms with E-state index in [0.717, 1.165) is 21.3 Å². The van der Waals surface area contributed by atoms with Crippen molar-refractivity contribution in [2.24, 2.45) is 0 Å². The molecule has 0 saturated heterocycles. The van der Waals surface area contributed by atoms with Gasteiger partial charge in [-0.15, -0.1) is 5.10 Å². The predicted octanol–water partition coefficient (Wildman–Crippen LogP) is 3.85. The highest BCUT2D eigenvalue weighted by molar-refractivity contribution is 9.10. The van der Waals surface area contributed by atoms with Gasteiger partial charge in [0, 0.05) is 15.7 Å². The number of thioether (sulfide) groups is 1. The molecule has 3 rings (SSSR count). The lowest BCUT2D eigenvalue weighted by molar-refractivity contribution is -0.113. The van der Waals surface area contributed by atoms with Crippen LogP contribution in [0.1, 0.15) is 27.3 Å². The second-order valence-electron chi connectivity index (χ2n) is 6.73. The van der Waals surface area contributed by atoms with E-state index in [0.29, 0.717) is 22.3 Å². The first-order valence-electron chi connectivity index (χ1n) is 9.38. The Hall–Kier alpha value is -2.85. The molecule has 0 bridgehead atoms. The zero-order valence-electron chi connectivity index (χ0n) is 17.3. The summed E-state index contributed by atoms with van der Waals surface area (Å²) >= 11 is 4.67. The summed E-state index contributed by atoms with van der Waals surface area (Å²) in [6, 6.07) is 10.7. The van der Waals surface area contributed by atoms with E-state index < -0.39 is 0 Å². The number of anilines is 1. The van der Waals surface area contributed by atoms with Gasteiger partial charge in [-0.3, -0.25) is 14.7 Å². The topological polar surface area (TPSA) is 109 Å². The fourth-order valence-corrected chi connectivity index (χ4v) is 4.15. The third kappa shape index (κ3) is 6.31. The Morgan fingerprint density at radius 1 is 1.16 bits per heavy atom. The second-order valence-corrected chi connectivity index (χ2v) is 8.59. The summed E-state index contributed by atoms with van der Waals surface area (Å²) in [7, 11) is 1.57. The number of ether oxygens (including phenoxy) is 1. The van der Waals surface area contributed by atoms with Crippen molar-refractivity contribution < 1.29 is 14.3 Å². The summed E-state index contributed by atoms with van der Waals surface area (Å²) in [6.07, 6.45) is 0. The molecule has 0 radical (unpaired) electrons. The molecule has 162 valence electrons. The van der Waals surface area contributed by atoms with Crippen molar-refractivity contribution in [2.75, 3.05) is 18.2 Å². The number of halogens is 1. The van der Waals surface area contributed by atoms with Gasteiger partial charge in [-0.25, -0.2) is 4.98 Å². The Labute approximate surface area is 192 Å². The Morgan fingerprint density at radius 2 is 1.84 bits per heavy atom. The van der Waals surface area contributed by atoms with E-state index in [9.17, 15) is 9.59 Å². The first-order chi connectivity index (χ1) is 14.9. The van der Waals surface area contributed by atoms with Crippen molar-refractivity contribution in [1.29, 1.82) is 0 Å². The number of hydrogen-bond acceptors (Lipinski definition) is 6. The fourth-order valence-electron chi connectivity index (χ4n) is 2.84. The largest absolute Gasteiger partial charge is 0.497 e. The highest BCUT2D eigenvalue weighted by atomic mass is 79.9. The van der Waals surface area contributed by atoms with Crippen LogP contribution in [0.15, 0.2) is 46.0 Å². The van der Waals surface area contributed by atoms with E-state index in [2.05, 4.69) is 41.7 Å². The van der Waals surface area contributed by atoms with Crippen LogP contribution in [-0.2, 0) is 11.3 Å². The molecule has 0 fully saturated rings. The number of methoxy groups -OCH3 is 1. The molecule has 10 heteroatoms. The number of amides is 2. The van der Waals surface area contributed by atoms with Crippen molar-refractivity contribution in [3.8, 4) is 5.75 Å². The van der Waals surface area contributed by atoms with Crippen LogP contribution in [0.4, 0.5) is 5.69 Å². The molecule has 0 saturated carbocycles. The Balaban J connectivity index is 1.48. The zero-order valence-corrected chi connectivity index (χ0v) is 19.7. The number of hydrogen-bond donors (Lipinski definition) is 3. The summed E-state index contributed by atoms with van der Waals surface area (Å²) in [5, 5.41) is 13.0. The summed E-state index contributed by atoms with van der Waals surface area (Å²) < 4.78 is 6.06. The van der Waals surface area contributed by atoms with Crippen molar-refractivity contribution in [3.05, 3.63) is 63.4 Å². The molecule has 8 nitrogen and oxygen atoms in total. The minimum atomic E-state index is -0.229. The van der Waals surface area contributed by atoms with Gasteiger partial charge in [-0.05, 0) is 61.4 Å². The zero-order chi connectivity index (χ0) is 22.4. The van der Waals surface area contributed by atoms with Crippen LogP contribution < -0.4 is 15.4 Å². The van der Waals surface area contributed by atoms with Gasteiger partial charge in [0.25, 0.3) is 5.91 Å². The van der Waals surface area contributed by atoms with Gasteiger partial charge in [0.2, 0.25) is 11.1 Å². The number of benzene rings is 2. The van der Waals surface area contributed by atoms with E-state index in [4.69, 9.17) is 4.74 Å². The van der Waals surface area contributed by atoms with Crippen LogP contribution in [0.2, 0.25) is 0 Å². The molecular formula is C21H22BrN5O3S. The van der Waals surface area contributed by atoms with Gasteiger partial charge < -0.3 is 15.4 Å². The van der Waals surface area contributed by atoms with Gasteiger partial charge in [-0.2, -0.15) is 0 Å². The predicted molar refractivity (Wildman–Crippen MR) is 124 cm³/mol. The maximum absolute atomic E-state index is 12.3. The molecule has 2 aromatic carbocycles. The van der Waals surface area contributed by atoms with Crippen molar-refractivity contribution >= 4 is 45.2 Å². The molecule has 0 aliphatic heterocycles. The minimum Gasteiger partial charge on any atom is -0.497 e. The number of nitrogens with one attached hydrogen (secondary N) is 3. The van der Waals surface area contributed by atoms with E-state index in [1.165, 1.54) is 11.8 Å². The summed E-state index contributed by atoms with van der Waals surface area (Å²) in [4.78, 5) is 28.8. The van der Waals surface area contributed by atoms with Crippen LogP contribution in [-0.4, -0.2) is 39.9 Å². The Morgan fingerprint density at radius 3 is 2.48 bits per heavy atom. The lowest BCUT2D eigenvalue weighted by Crippen LogP contribution is -2.23. The molecule has 31 heavy (non-hydrogen) atoms. The van der Waals surface area contributed by atoms with Crippen LogP contribution in [0, 0.1) is 13.8 Å².